The molecule has 0 aromatic heterocycles. The Morgan fingerprint density at radius 1 is 1.44 bits per heavy atom. The van der Waals surface area contributed by atoms with Gasteiger partial charge in [0.15, 0.2) is 0 Å². The number of nitrogens with zero attached hydrogens (tertiary/aromatic N) is 1. The molecule has 1 aromatic rings. The standard InChI is InChI=1S/C14H19FN2O/c1-17(13-5-3-12(15)4-6-13)14(18)7-2-11-8-9-16-10-11/h3-6,11,16H,2,7-10H2,1H3. The lowest BCUT2D eigenvalue weighted by atomic mass is 10.0. The molecular weight excluding hydrogens is 231 g/mol. The highest BCUT2D eigenvalue weighted by atomic mass is 19.1. The van der Waals surface area contributed by atoms with Gasteiger partial charge in [-0.05, 0) is 56.1 Å². The van der Waals surface area contributed by atoms with Crippen LogP contribution in [0.1, 0.15) is 19.3 Å². The van der Waals surface area contributed by atoms with Crippen LogP contribution in [0.2, 0.25) is 0 Å². The van der Waals surface area contributed by atoms with E-state index < -0.39 is 0 Å². The fraction of sp³-hybridized carbons (Fsp3) is 0.500. The first-order valence-corrected chi connectivity index (χ1v) is 6.39. The van der Waals surface area contributed by atoms with Gasteiger partial charge in [-0.25, -0.2) is 4.39 Å². The number of carbonyl (C=O) groups is 1. The van der Waals surface area contributed by atoms with Crippen LogP contribution < -0.4 is 10.2 Å². The Balaban J connectivity index is 1.85. The number of carbonyl (C=O) groups excluding carboxylic acids is 1. The van der Waals surface area contributed by atoms with Gasteiger partial charge in [-0.3, -0.25) is 4.79 Å². The van der Waals surface area contributed by atoms with Crippen LogP contribution in [0.25, 0.3) is 0 Å². The number of nitrogens with one attached hydrogen (secondary N) is 1. The van der Waals surface area contributed by atoms with E-state index >= 15 is 0 Å². The summed E-state index contributed by atoms with van der Waals surface area (Å²) in [7, 11) is 1.74. The van der Waals surface area contributed by atoms with Gasteiger partial charge in [0.25, 0.3) is 0 Å². The zero-order valence-electron chi connectivity index (χ0n) is 10.7. The molecular formula is C14H19FN2O. The lowest BCUT2D eigenvalue weighted by molar-refractivity contribution is -0.118. The minimum absolute atomic E-state index is 0.0912. The quantitative estimate of drug-likeness (QED) is 0.888. The number of hydrogen-bond donors (Lipinski definition) is 1. The van der Waals surface area contributed by atoms with Gasteiger partial charge in [0.1, 0.15) is 5.82 Å². The molecule has 0 radical (unpaired) electrons. The molecule has 1 fully saturated rings. The predicted molar refractivity (Wildman–Crippen MR) is 70.0 cm³/mol. The van der Waals surface area contributed by atoms with Crippen molar-refractivity contribution in [2.45, 2.75) is 19.3 Å². The van der Waals surface area contributed by atoms with Crippen molar-refractivity contribution in [3.63, 3.8) is 0 Å². The van der Waals surface area contributed by atoms with Crippen molar-refractivity contribution < 1.29 is 9.18 Å². The number of anilines is 1. The van der Waals surface area contributed by atoms with Crippen molar-refractivity contribution in [2.24, 2.45) is 5.92 Å². The molecule has 0 bridgehead atoms. The Bertz CT molecular complexity index is 399. The molecule has 2 rings (SSSR count). The SMILES string of the molecule is CN(C(=O)CCC1CCNC1)c1ccc(F)cc1. The summed E-state index contributed by atoms with van der Waals surface area (Å²) in [5.74, 6) is 0.431. The molecule has 1 saturated heterocycles. The third kappa shape index (κ3) is 3.29. The summed E-state index contributed by atoms with van der Waals surface area (Å²) < 4.78 is 12.8. The Morgan fingerprint density at radius 2 is 2.17 bits per heavy atom. The fourth-order valence-corrected chi connectivity index (χ4v) is 2.26. The zero-order valence-corrected chi connectivity index (χ0v) is 10.7. The van der Waals surface area contributed by atoms with Crippen molar-refractivity contribution in [2.75, 3.05) is 25.0 Å². The molecule has 0 saturated carbocycles. The van der Waals surface area contributed by atoms with E-state index in [1.807, 2.05) is 0 Å². The summed E-state index contributed by atoms with van der Waals surface area (Å²) >= 11 is 0. The third-order valence-corrected chi connectivity index (χ3v) is 3.52. The van der Waals surface area contributed by atoms with Gasteiger partial charge in [-0.15, -0.1) is 0 Å². The maximum absolute atomic E-state index is 12.8. The molecule has 1 unspecified atom stereocenters. The molecule has 1 amide bonds. The van der Waals surface area contributed by atoms with Crippen LogP contribution in [-0.2, 0) is 4.79 Å². The normalized spacial score (nSPS) is 18.9. The van der Waals surface area contributed by atoms with E-state index in [1.165, 1.54) is 12.1 Å². The first-order chi connectivity index (χ1) is 8.66. The van der Waals surface area contributed by atoms with Crippen molar-refractivity contribution in [3.8, 4) is 0 Å². The summed E-state index contributed by atoms with van der Waals surface area (Å²) in [5, 5.41) is 3.30. The maximum atomic E-state index is 12.8. The van der Waals surface area contributed by atoms with Crippen LogP contribution in [0, 0.1) is 11.7 Å². The van der Waals surface area contributed by atoms with Crippen molar-refractivity contribution >= 4 is 11.6 Å². The second kappa shape index (κ2) is 5.96. The largest absolute Gasteiger partial charge is 0.316 e. The topological polar surface area (TPSA) is 32.3 Å². The highest BCUT2D eigenvalue weighted by molar-refractivity contribution is 5.92. The van der Waals surface area contributed by atoms with Gasteiger partial charge in [0.05, 0.1) is 0 Å². The van der Waals surface area contributed by atoms with Crippen LogP contribution in [-0.4, -0.2) is 26.0 Å². The number of amides is 1. The Kier molecular flexibility index (Phi) is 4.31. The summed E-state index contributed by atoms with van der Waals surface area (Å²) in [6, 6.07) is 6.01. The highest BCUT2D eigenvalue weighted by Crippen LogP contribution is 2.18. The lowest BCUT2D eigenvalue weighted by Crippen LogP contribution is -2.26. The average Bonchev–Trinajstić information content (AvgIpc) is 2.89. The summed E-state index contributed by atoms with van der Waals surface area (Å²) in [6.07, 6.45) is 2.64. The average molecular weight is 250 g/mol. The van der Waals surface area contributed by atoms with Crippen molar-refractivity contribution in [3.05, 3.63) is 30.1 Å². The predicted octanol–water partition coefficient (Wildman–Crippen LogP) is 2.18. The van der Waals surface area contributed by atoms with Gasteiger partial charge in [0.2, 0.25) is 5.91 Å². The molecule has 98 valence electrons. The molecule has 18 heavy (non-hydrogen) atoms. The smallest absolute Gasteiger partial charge is 0.226 e. The van der Waals surface area contributed by atoms with Crippen LogP contribution in [0.3, 0.4) is 0 Å². The number of benzene rings is 1. The molecule has 3 nitrogen and oxygen atoms in total. The second-order valence-corrected chi connectivity index (χ2v) is 4.83. The minimum Gasteiger partial charge on any atom is -0.316 e. The van der Waals surface area contributed by atoms with E-state index in [0.29, 0.717) is 12.3 Å². The zero-order chi connectivity index (χ0) is 13.0. The fourth-order valence-electron chi connectivity index (χ4n) is 2.26. The number of rotatable bonds is 4. The van der Waals surface area contributed by atoms with Crippen molar-refractivity contribution in [1.82, 2.24) is 5.32 Å². The van der Waals surface area contributed by atoms with Gasteiger partial charge in [-0.2, -0.15) is 0 Å². The maximum Gasteiger partial charge on any atom is 0.226 e. The monoisotopic (exact) mass is 250 g/mol. The van der Waals surface area contributed by atoms with Crippen LogP contribution in [0.4, 0.5) is 10.1 Å². The Labute approximate surface area is 107 Å². The van der Waals surface area contributed by atoms with E-state index in [4.69, 9.17) is 0 Å². The van der Waals surface area contributed by atoms with E-state index in [0.717, 1.165) is 31.6 Å². The van der Waals surface area contributed by atoms with Gasteiger partial charge >= 0.3 is 0 Å². The van der Waals surface area contributed by atoms with Crippen LogP contribution in [0.5, 0.6) is 0 Å². The molecule has 1 aliphatic rings. The summed E-state index contributed by atoms with van der Waals surface area (Å²) in [4.78, 5) is 13.6. The van der Waals surface area contributed by atoms with E-state index in [1.54, 1.807) is 24.1 Å². The molecule has 1 atom stereocenters. The number of halogens is 1. The first kappa shape index (κ1) is 13.0. The summed E-state index contributed by atoms with van der Waals surface area (Å²) in [6.45, 7) is 2.08. The molecule has 1 aliphatic heterocycles. The Morgan fingerprint density at radius 3 is 2.78 bits per heavy atom. The lowest BCUT2D eigenvalue weighted by Gasteiger charge is -2.18. The molecule has 0 spiro atoms. The van der Waals surface area contributed by atoms with E-state index in [-0.39, 0.29) is 11.7 Å². The van der Waals surface area contributed by atoms with E-state index in [9.17, 15) is 9.18 Å². The highest BCUT2D eigenvalue weighted by Gasteiger charge is 2.17. The first-order valence-electron chi connectivity index (χ1n) is 6.39. The molecule has 0 aliphatic carbocycles. The van der Waals surface area contributed by atoms with Gasteiger partial charge in [0, 0.05) is 19.2 Å². The molecule has 1 N–H and O–H groups in total. The second-order valence-electron chi connectivity index (χ2n) is 4.83. The molecule has 4 heteroatoms. The Hall–Kier alpha value is -1.42. The number of hydrogen-bond acceptors (Lipinski definition) is 2. The third-order valence-electron chi connectivity index (χ3n) is 3.52. The van der Waals surface area contributed by atoms with Gasteiger partial charge < -0.3 is 10.2 Å². The van der Waals surface area contributed by atoms with Crippen LogP contribution >= 0.6 is 0 Å². The molecule has 1 heterocycles. The van der Waals surface area contributed by atoms with Crippen LogP contribution in [0.15, 0.2) is 24.3 Å². The van der Waals surface area contributed by atoms with E-state index in [2.05, 4.69) is 5.32 Å². The molecule has 1 aromatic carbocycles. The minimum atomic E-state index is -0.281. The van der Waals surface area contributed by atoms with Gasteiger partial charge in [-0.1, -0.05) is 0 Å². The summed E-state index contributed by atoms with van der Waals surface area (Å²) in [5.41, 5.74) is 0.742. The van der Waals surface area contributed by atoms with Crippen molar-refractivity contribution in [1.29, 1.82) is 0 Å².